The van der Waals surface area contributed by atoms with Crippen LogP contribution in [0.25, 0.3) is 0 Å². The van der Waals surface area contributed by atoms with E-state index in [1.165, 1.54) is 0 Å². The number of nitrogens with zero attached hydrogens (tertiary/aromatic N) is 2. The standard InChI is InChI=1S/C21H20N2O2/c1-24-20-14-13-17(21(15-20)25-2)16-22-23(18-9-5-3-6-10-18)19-11-7-4-8-12-19/h3-16H,1-2H3. The van der Waals surface area contributed by atoms with Gasteiger partial charge in [-0.1, -0.05) is 36.4 Å². The minimum absolute atomic E-state index is 0.712. The largest absolute Gasteiger partial charge is 0.497 e. The van der Waals surface area contributed by atoms with E-state index in [0.717, 1.165) is 22.7 Å². The van der Waals surface area contributed by atoms with Gasteiger partial charge in [0, 0.05) is 11.6 Å². The van der Waals surface area contributed by atoms with Crippen LogP contribution in [0, 0.1) is 0 Å². The molecule has 25 heavy (non-hydrogen) atoms. The van der Waals surface area contributed by atoms with Crippen molar-refractivity contribution < 1.29 is 9.47 Å². The van der Waals surface area contributed by atoms with Gasteiger partial charge in [0.05, 0.1) is 31.8 Å². The average molecular weight is 332 g/mol. The Balaban J connectivity index is 1.97. The molecule has 0 heterocycles. The molecule has 0 aliphatic carbocycles. The molecule has 0 aromatic heterocycles. The first kappa shape index (κ1) is 16.6. The van der Waals surface area contributed by atoms with E-state index in [-0.39, 0.29) is 0 Å². The normalized spacial score (nSPS) is 10.6. The van der Waals surface area contributed by atoms with Gasteiger partial charge in [0.2, 0.25) is 0 Å². The van der Waals surface area contributed by atoms with Gasteiger partial charge in [0.25, 0.3) is 0 Å². The summed E-state index contributed by atoms with van der Waals surface area (Å²) in [6.45, 7) is 0. The highest BCUT2D eigenvalue weighted by Crippen LogP contribution is 2.27. The third-order valence-corrected chi connectivity index (χ3v) is 3.75. The van der Waals surface area contributed by atoms with Gasteiger partial charge in [-0.25, -0.2) is 5.01 Å². The molecule has 0 bridgehead atoms. The van der Waals surface area contributed by atoms with Crippen LogP contribution < -0.4 is 14.5 Å². The van der Waals surface area contributed by atoms with Crippen LogP contribution >= 0.6 is 0 Å². The molecule has 3 aromatic carbocycles. The third kappa shape index (κ3) is 3.98. The first-order chi connectivity index (χ1) is 12.3. The molecular weight excluding hydrogens is 312 g/mol. The summed E-state index contributed by atoms with van der Waals surface area (Å²) in [5, 5.41) is 6.58. The lowest BCUT2D eigenvalue weighted by atomic mass is 10.2. The minimum atomic E-state index is 0.712. The zero-order valence-corrected chi connectivity index (χ0v) is 14.3. The van der Waals surface area contributed by atoms with Crippen LogP contribution in [0.4, 0.5) is 11.4 Å². The summed E-state index contributed by atoms with van der Waals surface area (Å²) in [7, 11) is 3.27. The highest BCUT2D eigenvalue weighted by Gasteiger charge is 2.08. The summed E-state index contributed by atoms with van der Waals surface area (Å²) < 4.78 is 10.7. The Hall–Kier alpha value is -3.27. The number of ether oxygens (including phenoxy) is 2. The maximum Gasteiger partial charge on any atom is 0.131 e. The first-order valence-electron chi connectivity index (χ1n) is 7.98. The maximum atomic E-state index is 5.44. The molecule has 0 N–H and O–H groups in total. The second kappa shape index (κ2) is 8.02. The number of hydrazone groups is 1. The summed E-state index contributed by atoms with van der Waals surface area (Å²) in [5.41, 5.74) is 2.84. The molecule has 4 heteroatoms. The summed E-state index contributed by atoms with van der Waals surface area (Å²) in [5.74, 6) is 1.46. The van der Waals surface area contributed by atoms with Crippen molar-refractivity contribution >= 4 is 17.6 Å². The van der Waals surface area contributed by atoms with Crippen molar-refractivity contribution in [3.63, 3.8) is 0 Å². The van der Waals surface area contributed by atoms with Crippen LogP contribution in [0.1, 0.15) is 5.56 Å². The van der Waals surface area contributed by atoms with Crippen LogP contribution in [0.3, 0.4) is 0 Å². The monoisotopic (exact) mass is 332 g/mol. The van der Waals surface area contributed by atoms with Gasteiger partial charge in [-0.05, 0) is 36.4 Å². The molecule has 4 nitrogen and oxygen atoms in total. The van der Waals surface area contributed by atoms with Gasteiger partial charge in [0.15, 0.2) is 0 Å². The Labute approximate surface area is 147 Å². The Morgan fingerprint density at radius 2 is 1.36 bits per heavy atom. The Morgan fingerprint density at radius 1 is 0.760 bits per heavy atom. The Kier molecular flexibility index (Phi) is 5.32. The minimum Gasteiger partial charge on any atom is -0.497 e. The lowest BCUT2D eigenvalue weighted by molar-refractivity contribution is 0.394. The lowest BCUT2D eigenvalue weighted by Crippen LogP contribution is -2.09. The number of hydrogen-bond donors (Lipinski definition) is 0. The van der Waals surface area contributed by atoms with Crippen molar-refractivity contribution in [3.8, 4) is 11.5 Å². The highest BCUT2D eigenvalue weighted by atomic mass is 16.5. The molecule has 0 saturated carbocycles. The second-order valence-electron chi connectivity index (χ2n) is 5.34. The van der Waals surface area contributed by atoms with Crippen molar-refractivity contribution in [2.24, 2.45) is 5.10 Å². The number of benzene rings is 3. The van der Waals surface area contributed by atoms with Crippen molar-refractivity contribution in [1.29, 1.82) is 0 Å². The topological polar surface area (TPSA) is 34.1 Å². The van der Waals surface area contributed by atoms with E-state index in [1.54, 1.807) is 20.4 Å². The third-order valence-electron chi connectivity index (χ3n) is 3.75. The molecule has 0 aliphatic heterocycles. The highest BCUT2D eigenvalue weighted by molar-refractivity contribution is 5.85. The maximum absolute atomic E-state index is 5.44. The Morgan fingerprint density at radius 3 is 1.88 bits per heavy atom. The molecule has 0 atom stereocenters. The van der Waals surface area contributed by atoms with E-state index in [2.05, 4.69) is 5.10 Å². The van der Waals surface area contributed by atoms with Crippen LogP contribution in [-0.2, 0) is 0 Å². The van der Waals surface area contributed by atoms with E-state index in [9.17, 15) is 0 Å². The van der Waals surface area contributed by atoms with Gasteiger partial charge in [-0.2, -0.15) is 5.10 Å². The number of anilines is 2. The zero-order chi connectivity index (χ0) is 17.5. The van der Waals surface area contributed by atoms with E-state index >= 15 is 0 Å². The molecule has 0 amide bonds. The van der Waals surface area contributed by atoms with E-state index in [4.69, 9.17) is 9.47 Å². The fraction of sp³-hybridized carbons (Fsp3) is 0.0952. The number of methoxy groups -OCH3 is 2. The van der Waals surface area contributed by atoms with Crippen LogP contribution in [0.5, 0.6) is 11.5 Å². The molecule has 0 unspecified atom stereocenters. The van der Waals surface area contributed by atoms with Crippen LogP contribution in [0.15, 0.2) is 84.0 Å². The number of hydrogen-bond acceptors (Lipinski definition) is 4. The zero-order valence-electron chi connectivity index (χ0n) is 14.3. The van der Waals surface area contributed by atoms with Crippen LogP contribution in [-0.4, -0.2) is 20.4 Å². The quantitative estimate of drug-likeness (QED) is 0.477. The lowest BCUT2D eigenvalue weighted by Gasteiger charge is -2.19. The van der Waals surface area contributed by atoms with Gasteiger partial charge in [-0.15, -0.1) is 0 Å². The molecular formula is C21H20N2O2. The first-order valence-corrected chi connectivity index (χ1v) is 7.98. The van der Waals surface area contributed by atoms with Gasteiger partial charge in [0.1, 0.15) is 11.5 Å². The van der Waals surface area contributed by atoms with E-state index in [1.807, 2.05) is 83.9 Å². The van der Waals surface area contributed by atoms with E-state index in [0.29, 0.717) is 5.75 Å². The second-order valence-corrected chi connectivity index (χ2v) is 5.34. The fourth-order valence-electron chi connectivity index (χ4n) is 2.47. The number of rotatable bonds is 6. The molecule has 0 radical (unpaired) electrons. The molecule has 3 rings (SSSR count). The van der Waals surface area contributed by atoms with Gasteiger partial charge in [-0.3, -0.25) is 0 Å². The molecule has 3 aromatic rings. The van der Waals surface area contributed by atoms with Gasteiger partial charge < -0.3 is 9.47 Å². The predicted molar refractivity (Wildman–Crippen MR) is 102 cm³/mol. The summed E-state index contributed by atoms with van der Waals surface area (Å²) in [4.78, 5) is 0. The number of para-hydroxylation sites is 2. The average Bonchev–Trinajstić information content (AvgIpc) is 2.70. The van der Waals surface area contributed by atoms with Crippen molar-refractivity contribution in [2.75, 3.05) is 19.2 Å². The van der Waals surface area contributed by atoms with Crippen molar-refractivity contribution in [1.82, 2.24) is 0 Å². The Bertz CT molecular complexity index is 794. The van der Waals surface area contributed by atoms with E-state index < -0.39 is 0 Å². The van der Waals surface area contributed by atoms with Gasteiger partial charge >= 0.3 is 0 Å². The molecule has 0 saturated heterocycles. The van der Waals surface area contributed by atoms with Crippen LogP contribution in [0.2, 0.25) is 0 Å². The molecule has 0 aliphatic rings. The van der Waals surface area contributed by atoms with Crippen molar-refractivity contribution in [2.45, 2.75) is 0 Å². The fourth-order valence-corrected chi connectivity index (χ4v) is 2.47. The smallest absolute Gasteiger partial charge is 0.131 e. The SMILES string of the molecule is COc1ccc(C=NN(c2ccccc2)c2ccccc2)c(OC)c1. The molecule has 0 fully saturated rings. The molecule has 126 valence electrons. The van der Waals surface area contributed by atoms with Crippen molar-refractivity contribution in [3.05, 3.63) is 84.4 Å². The summed E-state index contributed by atoms with van der Waals surface area (Å²) in [6, 6.07) is 25.7. The predicted octanol–water partition coefficient (Wildman–Crippen LogP) is 4.88. The molecule has 0 spiro atoms. The summed E-state index contributed by atoms with van der Waals surface area (Å²) in [6.07, 6.45) is 1.79. The summed E-state index contributed by atoms with van der Waals surface area (Å²) >= 11 is 0.